The Balaban J connectivity index is 1.40. The average molecular weight is 584 g/mol. The highest BCUT2D eigenvalue weighted by atomic mass is 35.5. The largest absolute Gasteiger partial charge is 0.493 e. The summed E-state index contributed by atoms with van der Waals surface area (Å²) in [5, 5.41) is 4.67. The molecule has 2 fully saturated rings. The lowest BCUT2D eigenvalue weighted by Gasteiger charge is -2.39. The van der Waals surface area contributed by atoms with Crippen LogP contribution in [0.25, 0.3) is 6.08 Å². The summed E-state index contributed by atoms with van der Waals surface area (Å²) in [5.74, 6) is 1.47. The molecular formula is C31H32Cl2N2O3S. The maximum atomic E-state index is 13.8. The van der Waals surface area contributed by atoms with Crippen molar-refractivity contribution in [3.63, 3.8) is 0 Å². The molecule has 1 unspecified atom stereocenters. The van der Waals surface area contributed by atoms with Gasteiger partial charge >= 0.3 is 0 Å². The van der Waals surface area contributed by atoms with Crippen LogP contribution in [0.4, 0.5) is 5.69 Å². The molecular weight excluding hydrogens is 551 g/mol. The zero-order chi connectivity index (χ0) is 27.4. The summed E-state index contributed by atoms with van der Waals surface area (Å²) < 4.78 is 11.6. The van der Waals surface area contributed by atoms with Crippen molar-refractivity contribution in [3.8, 4) is 11.5 Å². The van der Waals surface area contributed by atoms with Crippen LogP contribution in [0.3, 0.4) is 0 Å². The molecule has 1 N–H and O–H groups in total. The van der Waals surface area contributed by atoms with Crippen LogP contribution < -0.4 is 14.8 Å². The molecule has 1 aliphatic carbocycles. The standard InChI is InChI=1S/C31H32Cl2N2O3S/c1-20-8-6-7-11-26(20)35-30(36)28(39-31(35)34-24-9-4-3-5-10-24)18-22-16-25(33)29(27(17-22)37-2)38-19-21-12-14-23(32)15-13-21/h3-5,9-10,12-18,20,26,31,34H,6-8,11,19H2,1-2H3/b28-18-/t20-,26-,31?/m0/s1. The highest BCUT2D eigenvalue weighted by Gasteiger charge is 2.43. The first-order chi connectivity index (χ1) is 18.9. The van der Waals surface area contributed by atoms with Gasteiger partial charge in [-0.3, -0.25) is 4.79 Å². The molecule has 1 aliphatic heterocycles. The number of carbonyl (C=O) groups is 1. The third-order valence-electron chi connectivity index (χ3n) is 7.27. The molecule has 2 aliphatic rings. The SMILES string of the molecule is COc1cc(/C=C2\SC(Nc3ccccc3)N([C@H]3CCCC[C@@H]3C)C2=O)cc(Cl)c1OCc1ccc(Cl)cc1. The minimum Gasteiger partial charge on any atom is -0.493 e. The number of thioether (sulfide) groups is 1. The van der Waals surface area contributed by atoms with Crippen molar-refractivity contribution < 1.29 is 14.3 Å². The Morgan fingerprint density at radius 1 is 1.05 bits per heavy atom. The highest BCUT2D eigenvalue weighted by Crippen LogP contribution is 2.43. The molecule has 3 aromatic rings. The molecule has 0 radical (unpaired) electrons. The number of nitrogens with one attached hydrogen (secondary N) is 1. The zero-order valence-corrected chi connectivity index (χ0v) is 24.4. The van der Waals surface area contributed by atoms with Gasteiger partial charge in [-0.25, -0.2) is 0 Å². The van der Waals surface area contributed by atoms with E-state index < -0.39 is 0 Å². The lowest BCUT2D eigenvalue weighted by atomic mass is 9.85. The van der Waals surface area contributed by atoms with Crippen molar-refractivity contribution >= 4 is 52.6 Å². The molecule has 3 aromatic carbocycles. The second-order valence-corrected chi connectivity index (χ2v) is 11.9. The molecule has 0 aromatic heterocycles. The van der Waals surface area contributed by atoms with E-state index in [1.165, 1.54) is 6.42 Å². The number of carbonyl (C=O) groups excluding carboxylic acids is 1. The van der Waals surface area contributed by atoms with Gasteiger partial charge in [0.25, 0.3) is 5.91 Å². The van der Waals surface area contributed by atoms with Crippen LogP contribution in [-0.2, 0) is 11.4 Å². The number of benzene rings is 3. The number of anilines is 1. The lowest BCUT2D eigenvalue weighted by molar-refractivity contribution is -0.129. The lowest BCUT2D eigenvalue weighted by Crippen LogP contribution is -2.48. The number of ether oxygens (including phenoxy) is 2. The Labute approximate surface area is 244 Å². The molecule has 1 amide bonds. The van der Waals surface area contributed by atoms with E-state index in [0.29, 0.717) is 39.0 Å². The first-order valence-electron chi connectivity index (χ1n) is 13.2. The molecule has 1 saturated heterocycles. The van der Waals surface area contributed by atoms with Gasteiger partial charge in [0.2, 0.25) is 0 Å². The normalized spacial score (nSPS) is 22.3. The van der Waals surface area contributed by atoms with Crippen molar-refractivity contribution in [3.05, 3.63) is 92.8 Å². The van der Waals surface area contributed by atoms with Crippen molar-refractivity contribution in [2.75, 3.05) is 12.4 Å². The fourth-order valence-corrected chi connectivity index (χ4v) is 6.83. The third-order valence-corrected chi connectivity index (χ3v) is 8.92. The molecule has 8 heteroatoms. The van der Waals surface area contributed by atoms with Gasteiger partial charge in [-0.15, -0.1) is 0 Å². The van der Waals surface area contributed by atoms with Crippen LogP contribution in [0.5, 0.6) is 11.5 Å². The van der Waals surface area contributed by atoms with Gasteiger partial charge in [-0.1, -0.05) is 85.1 Å². The molecule has 0 spiro atoms. The van der Waals surface area contributed by atoms with Gasteiger partial charge in [-0.05, 0) is 72.4 Å². The predicted molar refractivity (Wildman–Crippen MR) is 161 cm³/mol. The number of amides is 1. The molecule has 1 saturated carbocycles. The van der Waals surface area contributed by atoms with Crippen LogP contribution in [0, 0.1) is 5.92 Å². The fraction of sp³-hybridized carbons (Fsp3) is 0.323. The average Bonchev–Trinajstić information content (AvgIpc) is 3.23. The Morgan fingerprint density at radius 3 is 2.51 bits per heavy atom. The second-order valence-electron chi connectivity index (χ2n) is 9.98. The smallest absolute Gasteiger partial charge is 0.262 e. The van der Waals surface area contributed by atoms with E-state index in [-0.39, 0.29) is 17.4 Å². The summed E-state index contributed by atoms with van der Waals surface area (Å²) in [6.07, 6.45) is 6.42. The number of methoxy groups -OCH3 is 1. The van der Waals surface area contributed by atoms with Gasteiger partial charge in [0.05, 0.1) is 17.0 Å². The second kappa shape index (κ2) is 12.6. The van der Waals surface area contributed by atoms with Gasteiger partial charge in [0.15, 0.2) is 17.0 Å². The van der Waals surface area contributed by atoms with Crippen LogP contribution in [-0.4, -0.2) is 29.5 Å². The molecule has 5 nitrogen and oxygen atoms in total. The quantitative estimate of drug-likeness (QED) is 0.270. The van der Waals surface area contributed by atoms with Crippen LogP contribution in [0.15, 0.2) is 71.6 Å². The maximum absolute atomic E-state index is 13.8. The van der Waals surface area contributed by atoms with E-state index in [2.05, 4.69) is 17.1 Å². The topological polar surface area (TPSA) is 50.8 Å². The van der Waals surface area contributed by atoms with E-state index in [4.69, 9.17) is 32.7 Å². The predicted octanol–water partition coefficient (Wildman–Crippen LogP) is 8.47. The minimum absolute atomic E-state index is 0.0466. The zero-order valence-electron chi connectivity index (χ0n) is 22.0. The summed E-state index contributed by atoms with van der Waals surface area (Å²) in [7, 11) is 1.58. The van der Waals surface area contributed by atoms with Crippen molar-refractivity contribution in [2.24, 2.45) is 5.92 Å². The number of para-hydroxylation sites is 1. The van der Waals surface area contributed by atoms with E-state index in [9.17, 15) is 4.79 Å². The van der Waals surface area contributed by atoms with Gasteiger partial charge < -0.3 is 19.7 Å². The van der Waals surface area contributed by atoms with E-state index >= 15 is 0 Å². The maximum Gasteiger partial charge on any atom is 0.262 e. The summed E-state index contributed by atoms with van der Waals surface area (Å²) in [6.45, 7) is 2.58. The molecule has 3 atom stereocenters. The summed E-state index contributed by atoms with van der Waals surface area (Å²) in [6, 6.07) is 21.4. The van der Waals surface area contributed by atoms with E-state index in [1.807, 2.05) is 72.8 Å². The molecule has 39 heavy (non-hydrogen) atoms. The Bertz CT molecular complexity index is 1330. The number of halogens is 2. The van der Waals surface area contributed by atoms with Gasteiger partial charge in [0.1, 0.15) is 6.61 Å². The van der Waals surface area contributed by atoms with E-state index in [1.54, 1.807) is 18.9 Å². The summed E-state index contributed by atoms with van der Waals surface area (Å²) >= 11 is 14.2. The van der Waals surface area contributed by atoms with E-state index in [0.717, 1.165) is 36.1 Å². The van der Waals surface area contributed by atoms with Crippen LogP contribution >= 0.6 is 35.0 Å². The summed E-state index contributed by atoms with van der Waals surface area (Å²) in [4.78, 5) is 16.6. The monoisotopic (exact) mass is 582 g/mol. The van der Waals surface area contributed by atoms with Crippen molar-refractivity contribution in [2.45, 2.75) is 50.8 Å². The van der Waals surface area contributed by atoms with Crippen molar-refractivity contribution in [1.29, 1.82) is 0 Å². The van der Waals surface area contributed by atoms with Crippen molar-refractivity contribution in [1.82, 2.24) is 4.90 Å². The Kier molecular flexibility index (Phi) is 8.96. The van der Waals surface area contributed by atoms with Crippen LogP contribution in [0.2, 0.25) is 10.0 Å². The number of rotatable bonds is 8. The molecule has 0 bridgehead atoms. The highest BCUT2D eigenvalue weighted by molar-refractivity contribution is 8.05. The van der Waals surface area contributed by atoms with Gasteiger partial charge in [0, 0.05) is 16.8 Å². The van der Waals surface area contributed by atoms with Crippen LogP contribution in [0.1, 0.15) is 43.7 Å². The number of hydrogen-bond acceptors (Lipinski definition) is 5. The fourth-order valence-electron chi connectivity index (χ4n) is 5.22. The third kappa shape index (κ3) is 6.51. The minimum atomic E-state index is -0.184. The summed E-state index contributed by atoms with van der Waals surface area (Å²) in [5.41, 5.74) is 2.55. The Morgan fingerprint density at radius 2 is 1.79 bits per heavy atom. The number of hydrogen-bond donors (Lipinski definition) is 1. The Hall–Kier alpha value is -2.80. The first-order valence-corrected chi connectivity index (χ1v) is 14.8. The first kappa shape index (κ1) is 27.8. The molecule has 204 valence electrons. The molecule has 1 heterocycles. The number of nitrogens with zero attached hydrogens (tertiary/aromatic N) is 1. The van der Waals surface area contributed by atoms with Gasteiger partial charge in [-0.2, -0.15) is 0 Å². The molecule has 5 rings (SSSR count).